The Morgan fingerprint density at radius 1 is 1.20 bits per heavy atom. The van der Waals surface area contributed by atoms with E-state index in [0.717, 1.165) is 32.2 Å². The largest absolute Gasteiger partial charge is 0.392 e. The van der Waals surface area contributed by atoms with E-state index in [1.807, 2.05) is 0 Å². The molecular weight excluding hydrogens is 190 g/mol. The topological polar surface area (TPSA) is 40.5 Å². The Balaban J connectivity index is 1.77. The van der Waals surface area contributed by atoms with Crippen LogP contribution in [0.3, 0.4) is 0 Å². The van der Waals surface area contributed by atoms with Gasteiger partial charge in [0.1, 0.15) is 5.78 Å². The highest BCUT2D eigenvalue weighted by atomic mass is 16.3. The molecule has 1 aliphatic heterocycles. The number of piperidine rings is 1. The van der Waals surface area contributed by atoms with Gasteiger partial charge in [-0.05, 0) is 32.2 Å². The third-order valence-corrected chi connectivity index (χ3v) is 3.67. The third-order valence-electron chi connectivity index (χ3n) is 3.67. The number of hydrogen-bond acceptors (Lipinski definition) is 3. The first-order chi connectivity index (χ1) is 7.25. The number of Topliss-reactive ketones (excluding diaryl/α,β-unsaturated/α-hetero) is 1. The number of rotatable bonds is 3. The van der Waals surface area contributed by atoms with E-state index in [4.69, 9.17) is 0 Å². The van der Waals surface area contributed by atoms with Crippen LogP contribution in [-0.4, -0.2) is 41.5 Å². The molecule has 3 nitrogen and oxygen atoms in total. The van der Waals surface area contributed by atoms with Crippen molar-refractivity contribution in [2.75, 3.05) is 19.6 Å². The van der Waals surface area contributed by atoms with Crippen molar-refractivity contribution in [1.29, 1.82) is 0 Å². The van der Waals surface area contributed by atoms with Gasteiger partial charge in [-0.1, -0.05) is 12.8 Å². The van der Waals surface area contributed by atoms with Gasteiger partial charge in [0.2, 0.25) is 0 Å². The van der Waals surface area contributed by atoms with E-state index in [0.29, 0.717) is 24.8 Å². The summed E-state index contributed by atoms with van der Waals surface area (Å²) >= 11 is 0. The number of ketones is 1. The SMILES string of the molecule is O=C(CN1CCCC(O)C1)C1CCCC1. The lowest BCUT2D eigenvalue weighted by Crippen LogP contribution is -2.42. The predicted molar refractivity (Wildman–Crippen MR) is 58.6 cm³/mol. The quantitative estimate of drug-likeness (QED) is 0.762. The van der Waals surface area contributed by atoms with Gasteiger partial charge in [-0.2, -0.15) is 0 Å². The Bertz CT molecular complexity index is 224. The van der Waals surface area contributed by atoms with E-state index in [2.05, 4.69) is 4.90 Å². The lowest BCUT2D eigenvalue weighted by molar-refractivity contribution is -0.124. The number of likely N-dealkylation sites (tertiary alicyclic amines) is 1. The molecule has 86 valence electrons. The van der Waals surface area contributed by atoms with Gasteiger partial charge in [-0.3, -0.25) is 9.69 Å². The Hall–Kier alpha value is -0.410. The molecule has 0 spiro atoms. The van der Waals surface area contributed by atoms with Gasteiger partial charge < -0.3 is 5.11 Å². The molecule has 1 N–H and O–H groups in total. The van der Waals surface area contributed by atoms with E-state index in [1.165, 1.54) is 12.8 Å². The maximum atomic E-state index is 11.9. The first kappa shape index (κ1) is 11.1. The summed E-state index contributed by atoms with van der Waals surface area (Å²) in [4.78, 5) is 14.0. The average Bonchev–Trinajstić information content (AvgIpc) is 2.70. The van der Waals surface area contributed by atoms with Gasteiger partial charge >= 0.3 is 0 Å². The van der Waals surface area contributed by atoms with E-state index in [9.17, 15) is 9.90 Å². The Kier molecular flexibility index (Phi) is 3.76. The summed E-state index contributed by atoms with van der Waals surface area (Å²) in [5.41, 5.74) is 0. The fraction of sp³-hybridized carbons (Fsp3) is 0.917. The Morgan fingerprint density at radius 3 is 2.60 bits per heavy atom. The summed E-state index contributed by atoms with van der Waals surface area (Å²) < 4.78 is 0. The zero-order chi connectivity index (χ0) is 10.7. The van der Waals surface area contributed by atoms with Crippen molar-refractivity contribution < 1.29 is 9.90 Å². The monoisotopic (exact) mass is 211 g/mol. The molecule has 1 atom stereocenters. The molecule has 1 saturated heterocycles. The van der Waals surface area contributed by atoms with Crippen LogP contribution in [0, 0.1) is 5.92 Å². The summed E-state index contributed by atoms with van der Waals surface area (Å²) in [6.45, 7) is 2.25. The van der Waals surface area contributed by atoms with Crippen LogP contribution in [0.1, 0.15) is 38.5 Å². The van der Waals surface area contributed by atoms with Crippen molar-refractivity contribution >= 4 is 5.78 Å². The molecule has 3 heteroatoms. The first-order valence-corrected chi connectivity index (χ1v) is 6.19. The number of carbonyl (C=O) groups is 1. The second-order valence-electron chi connectivity index (χ2n) is 4.98. The standard InChI is InChI=1S/C12H21NO2/c14-11-6-3-7-13(8-11)9-12(15)10-4-1-2-5-10/h10-11,14H,1-9H2. The molecule has 2 fully saturated rings. The van der Waals surface area contributed by atoms with Crippen molar-refractivity contribution in [1.82, 2.24) is 4.90 Å². The van der Waals surface area contributed by atoms with Crippen molar-refractivity contribution in [2.24, 2.45) is 5.92 Å². The van der Waals surface area contributed by atoms with Crippen LogP contribution in [-0.2, 0) is 4.79 Å². The molecule has 1 saturated carbocycles. The summed E-state index contributed by atoms with van der Waals surface area (Å²) in [6, 6.07) is 0. The zero-order valence-corrected chi connectivity index (χ0v) is 9.32. The van der Waals surface area contributed by atoms with E-state index in [-0.39, 0.29) is 6.10 Å². The summed E-state index contributed by atoms with van der Waals surface area (Å²) in [5.74, 6) is 0.727. The maximum absolute atomic E-state index is 11.9. The second kappa shape index (κ2) is 5.08. The van der Waals surface area contributed by atoms with E-state index >= 15 is 0 Å². The number of aliphatic hydroxyl groups is 1. The number of aliphatic hydroxyl groups excluding tert-OH is 1. The number of β-amino-alcohol motifs (C(OH)–C–C–N with tert-alkyl or cyclic N) is 1. The van der Waals surface area contributed by atoms with Gasteiger partial charge in [-0.25, -0.2) is 0 Å². The molecule has 0 radical (unpaired) electrons. The molecule has 0 amide bonds. The molecule has 1 heterocycles. The smallest absolute Gasteiger partial charge is 0.149 e. The number of nitrogens with zero attached hydrogens (tertiary/aromatic N) is 1. The third kappa shape index (κ3) is 3.02. The van der Waals surface area contributed by atoms with E-state index in [1.54, 1.807) is 0 Å². The highest BCUT2D eigenvalue weighted by molar-refractivity contribution is 5.83. The van der Waals surface area contributed by atoms with Crippen molar-refractivity contribution in [3.8, 4) is 0 Å². The van der Waals surface area contributed by atoms with Gasteiger partial charge in [0.25, 0.3) is 0 Å². The van der Waals surface area contributed by atoms with Crippen LogP contribution >= 0.6 is 0 Å². The van der Waals surface area contributed by atoms with Gasteiger partial charge in [-0.15, -0.1) is 0 Å². The zero-order valence-electron chi connectivity index (χ0n) is 9.32. The predicted octanol–water partition coefficient (Wildman–Crippen LogP) is 1.20. The van der Waals surface area contributed by atoms with Crippen LogP contribution < -0.4 is 0 Å². The summed E-state index contributed by atoms with van der Waals surface area (Å²) in [5, 5.41) is 9.50. The Morgan fingerprint density at radius 2 is 1.93 bits per heavy atom. The van der Waals surface area contributed by atoms with Crippen LogP contribution in [0.5, 0.6) is 0 Å². The van der Waals surface area contributed by atoms with Gasteiger partial charge in [0.05, 0.1) is 12.6 Å². The molecule has 2 aliphatic rings. The van der Waals surface area contributed by atoms with Crippen molar-refractivity contribution in [3.63, 3.8) is 0 Å². The van der Waals surface area contributed by atoms with E-state index < -0.39 is 0 Å². The minimum atomic E-state index is -0.213. The number of hydrogen-bond donors (Lipinski definition) is 1. The van der Waals surface area contributed by atoms with Crippen LogP contribution in [0.25, 0.3) is 0 Å². The fourth-order valence-electron chi connectivity index (χ4n) is 2.77. The summed E-state index contributed by atoms with van der Waals surface area (Å²) in [7, 11) is 0. The average molecular weight is 211 g/mol. The molecule has 0 bridgehead atoms. The highest BCUT2D eigenvalue weighted by Crippen LogP contribution is 2.26. The van der Waals surface area contributed by atoms with Crippen LogP contribution in [0.15, 0.2) is 0 Å². The lowest BCUT2D eigenvalue weighted by Gasteiger charge is -2.30. The van der Waals surface area contributed by atoms with Crippen LogP contribution in [0.4, 0.5) is 0 Å². The Labute approximate surface area is 91.5 Å². The van der Waals surface area contributed by atoms with Gasteiger partial charge in [0.15, 0.2) is 0 Å². The molecule has 1 aliphatic carbocycles. The maximum Gasteiger partial charge on any atom is 0.149 e. The van der Waals surface area contributed by atoms with Gasteiger partial charge in [0, 0.05) is 12.5 Å². The summed E-state index contributed by atoms with van der Waals surface area (Å²) in [6.07, 6.45) is 6.34. The lowest BCUT2D eigenvalue weighted by atomic mass is 10.0. The molecule has 0 aromatic rings. The highest BCUT2D eigenvalue weighted by Gasteiger charge is 2.26. The molecule has 15 heavy (non-hydrogen) atoms. The fourth-order valence-corrected chi connectivity index (χ4v) is 2.77. The molecule has 0 aromatic heterocycles. The molecule has 2 rings (SSSR count). The second-order valence-corrected chi connectivity index (χ2v) is 4.98. The molecular formula is C12H21NO2. The van der Waals surface area contributed by atoms with Crippen molar-refractivity contribution in [3.05, 3.63) is 0 Å². The molecule has 0 aromatic carbocycles. The van der Waals surface area contributed by atoms with Crippen LogP contribution in [0.2, 0.25) is 0 Å². The normalized spacial score (nSPS) is 29.5. The minimum Gasteiger partial charge on any atom is -0.392 e. The number of carbonyl (C=O) groups excluding carboxylic acids is 1. The van der Waals surface area contributed by atoms with Crippen molar-refractivity contribution in [2.45, 2.75) is 44.6 Å². The molecule has 1 unspecified atom stereocenters. The first-order valence-electron chi connectivity index (χ1n) is 6.19. The minimum absolute atomic E-state index is 0.213.